The maximum atomic E-state index is 4.65. The zero-order valence-electron chi connectivity index (χ0n) is 12.7. The quantitative estimate of drug-likeness (QED) is 0.876. The predicted octanol–water partition coefficient (Wildman–Crippen LogP) is 3.79. The van der Waals surface area contributed by atoms with Crippen LogP contribution in [0.2, 0.25) is 0 Å². The van der Waals surface area contributed by atoms with Gasteiger partial charge in [-0.05, 0) is 18.3 Å². The van der Waals surface area contributed by atoms with Crippen molar-refractivity contribution in [2.24, 2.45) is 5.41 Å². The first-order valence-electron chi connectivity index (χ1n) is 7.55. The van der Waals surface area contributed by atoms with Crippen molar-refractivity contribution in [1.29, 1.82) is 0 Å². The van der Waals surface area contributed by atoms with Crippen LogP contribution in [-0.4, -0.2) is 23.6 Å². The molecular formula is C17H22N4. The van der Waals surface area contributed by atoms with Gasteiger partial charge in [-0.25, -0.2) is 9.97 Å². The molecule has 1 heterocycles. The Hall–Kier alpha value is -2.10. The molecule has 1 aromatic heterocycles. The molecule has 1 aliphatic carbocycles. The molecule has 3 rings (SSSR count). The summed E-state index contributed by atoms with van der Waals surface area (Å²) >= 11 is 0. The second-order valence-corrected chi connectivity index (χ2v) is 6.10. The number of nitrogens with zero attached hydrogens (tertiary/aromatic N) is 2. The van der Waals surface area contributed by atoms with Crippen LogP contribution in [0, 0.1) is 5.41 Å². The molecule has 1 aliphatic rings. The van der Waals surface area contributed by atoms with Crippen molar-refractivity contribution in [3.05, 3.63) is 36.4 Å². The average molecular weight is 282 g/mol. The van der Waals surface area contributed by atoms with Crippen molar-refractivity contribution < 1.29 is 0 Å². The Balaban J connectivity index is 1.83. The van der Waals surface area contributed by atoms with Gasteiger partial charge < -0.3 is 10.6 Å². The molecule has 0 radical (unpaired) electrons. The summed E-state index contributed by atoms with van der Waals surface area (Å²) in [5.41, 5.74) is 1.46. The van der Waals surface area contributed by atoms with E-state index in [0.29, 0.717) is 5.41 Å². The van der Waals surface area contributed by atoms with Gasteiger partial charge in [0.25, 0.3) is 0 Å². The lowest BCUT2D eigenvalue weighted by Gasteiger charge is -2.38. The topological polar surface area (TPSA) is 49.8 Å². The highest BCUT2D eigenvalue weighted by Gasteiger charge is 2.31. The number of aromatic nitrogens is 2. The largest absolute Gasteiger partial charge is 0.373 e. The number of hydrogen-bond acceptors (Lipinski definition) is 4. The summed E-state index contributed by atoms with van der Waals surface area (Å²) in [4.78, 5) is 9.19. The Kier molecular flexibility index (Phi) is 3.78. The van der Waals surface area contributed by atoms with Gasteiger partial charge in [0.05, 0.1) is 0 Å². The normalized spacial score (nSPS) is 16.1. The lowest BCUT2D eigenvalue weighted by atomic mass is 9.70. The van der Waals surface area contributed by atoms with Crippen LogP contribution in [0.1, 0.15) is 26.2 Å². The number of rotatable bonds is 5. The van der Waals surface area contributed by atoms with E-state index in [1.165, 1.54) is 19.3 Å². The first-order chi connectivity index (χ1) is 10.2. The number of benzene rings is 1. The van der Waals surface area contributed by atoms with Crippen LogP contribution in [-0.2, 0) is 0 Å². The van der Waals surface area contributed by atoms with Gasteiger partial charge in [0.1, 0.15) is 11.6 Å². The third-order valence-electron chi connectivity index (χ3n) is 4.27. The minimum Gasteiger partial charge on any atom is -0.373 e. The van der Waals surface area contributed by atoms with Crippen LogP contribution in [0.5, 0.6) is 0 Å². The predicted molar refractivity (Wildman–Crippen MR) is 87.5 cm³/mol. The van der Waals surface area contributed by atoms with Crippen LogP contribution in [0.4, 0.5) is 11.6 Å². The monoisotopic (exact) mass is 282 g/mol. The molecule has 1 aromatic carbocycles. The van der Waals surface area contributed by atoms with Crippen molar-refractivity contribution in [3.8, 4) is 11.4 Å². The van der Waals surface area contributed by atoms with E-state index >= 15 is 0 Å². The highest BCUT2D eigenvalue weighted by molar-refractivity contribution is 5.61. The van der Waals surface area contributed by atoms with Crippen molar-refractivity contribution in [3.63, 3.8) is 0 Å². The van der Waals surface area contributed by atoms with Gasteiger partial charge in [0.15, 0.2) is 5.82 Å². The van der Waals surface area contributed by atoms with E-state index in [1.54, 1.807) is 0 Å². The molecule has 4 heteroatoms. The Morgan fingerprint density at radius 1 is 1.10 bits per heavy atom. The first kappa shape index (κ1) is 13.9. The molecule has 0 atom stereocenters. The van der Waals surface area contributed by atoms with Crippen LogP contribution >= 0.6 is 0 Å². The fourth-order valence-electron chi connectivity index (χ4n) is 2.64. The standard InChI is InChI=1S/C17H22N4/c1-17(9-6-10-17)12-19-15-11-14(18-2)20-16(21-15)13-7-4-3-5-8-13/h3-5,7-8,11H,6,9-10,12H2,1-2H3,(H2,18,19,20,21). The van der Waals surface area contributed by atoms with Crippen LogP contribution in [0.25, 0.3) is 11.4 Å². The second-order valence-electron chi connectivity index (χ2n) is 6.10. The van der Waals surface area contributed by atoms with E-state index < -0.39 is 0 Å². The van der Waals surface area contributed by atoms with Gasteiger partial charge in [-0.1, -0.05) is 43.7 Å². The van der Waals surface area contributed by atoms with E-state index in [-0.39, 0.29) is 0 Å². The molecule has 21 heavy (non-hydrogen) atoms. The molecule has 1 fully saturated rings. The van der Waals surface area contributed by atoms with Gasteiger partial charge in [-0.3, -0.25) is 0 Å². The van der Waals surface area contributed by atoms with Crippen LogP contribution in [0.3, 0.4) is 0 Å². The Labute approximate surface area is 126 Å². The Morgan fingerprint density at radius 3 is 2.43 bits per heavy atom. The molecule has 0 aliphatic heterocycles. The third-order valence-corrected chi connectivity index (χ3v) is 4.27. The highest BCUT2D eigenvalue weighted by atomic mass is 15.1. The summed E-state index contributed by atoms with van der Waals surface area (Å²) in [7, 11) is 1.88. The lowest BCUT2D eigenvalue weighted by molar-refractivity contribution is 0.180. The smallest absolute Gasteiger partial charge is 0.163 e. The van der Waals surface area contributed by atoms with Gasteiger partial charge in [0.2, 0.25) is 0 Å². The van der Waals surface area contributed by atoms with E-state index in [2.05, 4.69) is 27.5 Å². The zero-order chi connectivity index (χ0) is 14.7. The molecular weight excluding hydrogens is 260 g/mol. The average Bonchev–Trinajstić information content (AvgIpc) is 2.51. The molecule has 110 valence electrons. The summed E-state index contributed by atoms with van der Waals surface area (Å²) in [6.07, 6.45) is 3.95. The number of hydrogen-bond donors (Lipinski definition) is 2. The highest BCUT2D eigenvalue weighted by Crippen LogP contribution is 2.40. The van der Waals surface area contributed by atoms with Crippen LogP contribution < -0.4 is 10.6 Å². The van der Waals surface area contributed by atoms with Gasteiger partial charge in [0, 0.05) is 25.2 Å². The molecule has 0 unspecified atom stereocenters. The van der Waals surface area contributed by atoms with Gasteiger partial charge in [-0.2, -0.15) is 0 Å². The Morgan fingerprint density at radius 2 is 1.81 bits per heavy atom. The van der Waals surface area contributed by atoms with Crippen LogP contribution in [0.15, 0.2) is 36.4 Å². The zero-order valence-corrected chi connectivity index (χ0v) is 12.7. The van der Waals surface area contributed by atoms with Crippen molar-refractivity contribution in [2.45, 2.75) is 26.2 Å². The summed E-state index contributed by atoms with van der Waals surface area (Å²) in [6.45, 7) is 3.31. The maximum absolute atomic E-state index is 4.65. The molecule has 0 saturated heterocycles. The molecule has 1 saturated carbocycles. The summed E-state index contributed by atoms with van der Waals surface area (Å²) in [6, 6.07) is 12.1. The number of nitrogens with one attached hydrogen (secondary N) is 2. The van der Waals surface area contributed by atoms with E-state index in [0.717, 1.165) is 29.6 Å². The van der Waals surface area contributed by atoms with Crippen molar-refractivity contribution >= 4 is 11.6 Å². The maximum Gasteiger partial charge on any atom is 0.163 e. The van der Waals surface area contributed by atoms with Crippen molar-refractivity contribution in [2.75, 3.05) is 24.2 Å². The lowest BCUT2D eigenvalue weighted by Crippen LogP contribution is -2.33. The second kappa shape index (κ2) is 5.72. The Bertz CT molecular complexity index is 605. The SMILES string of the molecule is CNc1cc(NCC2(C)CCC2)nc(-c2ccccc2)n1. The molecule has 0 bridgehead atoms. The van der Waals surface area contributed by atoms with E-state index in [9.17, 15) is 0 Å². The fourth-order valence-corrected chi connectivity index (χ4v) is 2.64. The fraction of sp³-hybridized carbons (Fsp3) is 0.412. The third kappa shape index (κ3) is 3.15. The van der Waals surface area contributed by atoms with E-state index in [1.807, 2.05) is 43.4 Å². The van der Waals surface area contributed by atoms with Gasteiger partial charge >= 0.3 is 0 Å². The summed E-state index contributed by atoms with van der Waals surface area (Å²) in [5.74, 6) is 2.48. The molecule has 2 aromatic rings. The van der Waals surface area contributed by atoms with Gasteiger partial charge in [-0.15, -0.1) is 0 Å². The first-order valence-corrected chi connectivity index (χ1v) is 7.55. The van der Waals surface area contributed by atoms with Crippen molar-refractivity contribution in [1.82, 2.24) is 9.97 Å². The number of anilines is 2. The minimum atomic E-state index is 0.428. The van der Waals surface area contributed by atoms with E-state index in [4.69, 9.17) is 0 Å². The summed E-state index contributed by atoms with van der Waals surface area (Å²) < 4.78 is 0. The molecule has 4 nitrogen and oxygen atoms in total. The molecule has 0 amide bonds. The molecule has 0 spiro atoms. The minimum absolute atomic E-state index is 0.428. The summed E-state index contributed by atoms with van der Waals surface area (Å²) in [5, 5.41) is 6.59. The molecule has 2 N–H and O–H groups in total.